The van der Waals surface area contributed by atoms with Crippen molar-refractivity contribution in [3.8, 4) is 0 Å². The molecule has 0 aromatic rings. The molecule has 0 bridgehead atoms. The Balaban J connectivity index is 1.80. The number of hydrogen-bond acceptors (Lipinski definition) is 3. The highest BCUT2D eigenvalue weighted by molar-refractivity contribution is 4.95. The number of nitrogens with one attached hydrogen (secondary N) is 1. The van der Waals surface area contributed by atoms with E-state index in [4.69, 9.17) is 10.5 Å². The third-order valence-electron chi connectivity index (χ3n) is 3.71. The van der Waals surface area contributed by atoms with Gasteiger partial charge < -0.3 is 15.8 Å². The summed E-state index contributed by atoms with van der Waals surface area (Å²) in [5.74, 6) is 0. The second-order valence-corrected chi connectivity index (χ2v) is 5.29. The fourth-order valence-corrected chi connectivity index (χ4v) is 2.48. The molecule has 3 heteroatoms. The summed E-state index contributed by atoms with van der Waals surface area (Å²) < 4.78 is 5.34. The van der Waals surface area contributed by atoms with Gasteiger partial charge in [0.25, 0.3) is 0 Å². The quantitative estimate of drug-likeness (QED) is 0.712. The van der Waals surface area contributed by atoms with E-state index in [9.17, 15) is 0 Å². The van der Waals surface area contributed by atoms with Crippen LogP contribution in [-0.4, -0.2) is 30.8 Å². The maximum atomic E-state index is 6.21. The second kappa shape index (κ2) is 3.80. The van der Waals surface area contributed by atoms with Gasteiger partial charge in [0.15, 0.2) is 0 Å². The van der Waals surface area contributed by atoms with Crippen molar-refractivity contribution in [1.82, 2.24) is 5.32 Å². The summed E-state index contributed by atoms with van der Waals surface area (Å²) in [6.07, 6.45) is 6.30. The zero-order chi connectivity index (χ0) is 10.1. The molecule has 0 radical (unpaired) electrons. The third kappa shape index (κ3) is 2.27. The summed E-state index contributed by atoms with van der Waals surface area (Å²) in [5.41, 5.74) is 6.45. The van der Waals surface area contributed by atoms with Gasteiger partial charge in [-0.2, -0.15) is 0 Å². The van der Waals surface area contributed by atoms with Crippen LogP contribution < -0.4 is 11.1 Å². The van der Waals surface area contributed by atoms with Crippen molar-refractivity contribution in [2.45, 2.75) is 50.1 Å². The first-order valence-corrected chi connectivity index (χ1v) is 5.74. The van der Waals surface area contributed by atoms with E-state index in [1.807, 2.05) is 0 Å². The van der Waals surface area contributed by atoms with Crippen LogP contribution in [0, 0.1) is 0 Å². The Morgan fingerprint density at radius 2 is 2.00 bits per heavy atom. The Bertz CT molecular complexity index is 171. The highest BCUT2D eigenvalue weighted by atomic mass is 16.5. The lowest BCUT2D eigenvalue weighted by atomic mass is 9.95. The van der Waals surface area contributed by atoms with Gasteiger partial charge in [-0.15, -0.1) is 0 Å². The Labute approximate surface area is 86.4 Å². The summed E-state index contributed by atoms with van der Waals surface area (Å²) >= 11 is 0. The molecule has 0 amide bonds. The molecule has 1 saturated heterocycles. The minimum atomic E-state index is -0.106. The van der Waals surface area contributed by atoms with Crippen molar-refractivity contribution in [3.05, 3.63) is 0 Å². The first-order chi connectivity index (χ1) is 6.62. The van der Waals surface area contributed by atoms with Crippen LogP contribution in [0.4, 0.5) is 0 Å². The Kier molecular flexibility index (Phi) is 2.82. The molecular formula is C11H22N2O. The number of nitrogens with two attached hydrogens (primary N) is 1. The second-order valence-electron chi connectivity index (χ2n) is 5.29. The van der Waals surface area contributed by atoms with Crippen LogP contribution in [0.25, 0.3) is 0 Å². The third-order valence-corrected chi connectivity index (χ3v) is 3.71. The summed E-state index contributed by atoms with van der Waals surface area (Å²) in [6, 6.07) is 0. The largest absolute Gasteiger partial charge is 0.379 e. The first kappa shape index (κ1) is 10.4. The molecule has 82 valence electrons. The molecule has 1 heterocycles. The van der Waals surface area contributed by atoms with Crippen LogP contribution in [0.3, 0.4) is 0 Å². The topological polar surface area (TPSA) is 47.3 Å². The van der Waals surface area contributed by atoms with Gasteiger partial charge in [-0.1, -0.05) is 12.8 Å². The fourth-order valence-electron chi connectivity index (χ4n) is 2.48. The van der Waals surface area contributed by atoms with Crippen molar-refractivity contribution in [2.75, 3.05) is 19.8 Å². The van der Waals surface area contributed by atoms with Crippen LogP contribution in [0.1, 0.15) is 39.0 Å². The van der Waals surface area contributed by atoms with Gasteiger partial charge >= 0.3 is 0 Å². The van der Waals surface area contributed by atoms with E-state index in [0.29, 0.717) is 5.54 Å². The number of rotatable bonds is 3. The van der Waals surface area contributed by atoms with Crippen LogP contribution in [-0.2, 0) is 4.74 Å². The zero-order valence-corrected chi connectivity index (χ0v) is 9.14. The minimum Gasteiger partial charge on any atom is -0.379 e. The van der Waals surface area contributed by atoms with Crippen molar-refractivity contribution in [2.24, 2.45) is 5.73 Å². The molecule has 3 nitrogen and oxygen atoms in total. The number of ether oxygens (including phenoxy) is 1. The molecule has 0 aromatic heterocycles. The Morgan fingerprint density at radius 1 is 1.29 bits per heavy atom. The normalized spacial score (nSPS) is 36.4. The van der Waals surface area contributed by atoms with Gasteiger partial charge in [-0.3, -0.25) is 0 Å². The molecule has 1 aliphatic heterocycles. The molecule has 0 spiro atoms. The minimum absolute atomic E-state index is 0.106. The van der Waals surface area contributed by atoms with E-state index in [2.05, 4.69) is 12.2 Å². The molecular weight excluding hydrogens is 176 g/mol. The molecule has 2 aliphatic rings. The molecule has 2 fully saturated rings. The maximum Gasteiger partial charge on any atom is 0.0659 e. The lowest BCUT2D eigenvalue weighted by Crippen LogP contribution is -2.54. The predicted octanol–water partition coefficient (Wildman–Crippen LogP) is 1.03. The molecule has 0 aromatic carbocycles. The van der Waals surface area contributed by atoms with Crippen LogP contribution in [0.15, 0.2) is 0 Å². The molecule has 1 unspecified atom stereocenters. The average Bonchev–Trinajstić information content (AvgIpc) is 2.74. The molecule has 1 saturated carbocycles. The van der Waals surface area contributed by atoms with E-state index >= 15 is 0 Å². The molecule has 1 aliphatic carbocycles. The Morgan fingerprint density at radius 3 is 2.57 bits per heavy atom. The predicted molar refractivity (Wildman–Crippen MR) is 57.2 cm³/mol. The highest BCUT2D eigenvalue weighted by Gasteiger charge is 2.34. The molecule has 2 rings (SSSR count). The SMILES string of the molecule is CC1(NCC2(N)CCOC2)CCCC1. The molecule has 3 N–H and O–H groups in total. The molecule has 1 atom stereocenters. The first-order valence-electron chi connectivity index (χ1n) is 5.74. The number of hydrogen-bond donors (Lipinski definition) is 2. The van der Waals surface area contributed by atoms with Gasteiger partial charge in [0, 0.05) is 18.7 Å². The summed E-state index contributed by atoms with van der Waals surface area (Å²) in [6.45, 7) is 4.77. The monoisotopic (exact) mass is 198 g/mol. The standard InChI is InChI=1S/C11H22N2O/c1-10(4-2-3-5-10)13-8-11(12)6-7-14-9-11/h13H,2-9,12H2,1H3. The van der Waals surface area contributed by atoms with E-state index in [0.717, 1.165) is 26.2 Å². The fraction of sp³-hybridized carbons (Fsp3) is 1.00. The van der Waals surface area contributed by atoms with Crippen molar-refractivity contribution < 1.29 is 4.74 Å². The lowest BCUT2D eigenvalue weighted by molar-refractivity contribution is 0.173. The lowest BCUT2D eigenvalue weighted by Gasteiger charge is -2.31. The van der Waals surface area contributed by atoms with E-state index in [1.165, 1.54) is 25.7 Å². The molecule has 14 heavy (non-hydrogen) atoms. The van der Waals surface area contributed by atoms with Gasteiger partial charge in [0.05, 0.1) is 12.1 Å². The maximum absolute atomic E-state index is 6.21. The summed E-state index contributed by atoms with van der Waals surface area (Å²) in [7, 11) is 0. The van der Waals surface area contributed by atoms with Crippen LogP contribution >= 0.6 is 0 Å². The summed E-state index contributed by atoms with van der Waals surface area (Å²) in [5, 5.41) is 3.64. The average molecular weight is 198 g/mol. The van der Waals surface area contributed by atoms with E-state index < -0.39 is 0 Å². The van der Waals surface area contributed by atoms with Crippen LogP contribution in [0.5, 0.6) is 0 Å². The van der Waals surface area contributed by atoms with Gasteiger partial charge in [-0.25, -0.2) is 0 Å². The summed E-state index contributed by atoms with van der Waals surface area (Å²) in [4.78, 5) is 0. The smallest absolute Gasteiger partial charge is 0.0659 e. The zero-order valence-electron chi connectivity index (χ0n) is 9.14. The van der Waals surface area contributed by atoms with Crippen molar-refractivity contribution in [3.63, 3.8) is 0 Å². The van der Waals surface area contributed by atoms with Gasteiger partial charge in [0.1, 0.15) is 0 Å². The van der Waals surface area contributed by atoms with Gasteiger partial charge in [0.2, 0.25) is 0 Å². The van der Waals surface area contributed by atoms with Crippen molar-refractivity contribution >= 4 is 0 Å². The van der Waals surface area contributed by atoms with Gasteiger partial charge in [-0.05, 0) is 26.2 Å². The Hall–Kier alpha value is -0.120. The van der Waals surface area contributed by atoms with E-state index in [1.54, 1.807) is 0 Å². The van der Waals surface area contributed by atoms with Crippen molar-refractivity contribution in [1.29, 1.82) is 0 Å². The van der Waals surface area contributed by atoms with E-state index in [-0.39, 0.29) is 5.54 Å². The highest BCUT2D eigenvalue weighted by Crippen LogP contribution is 2.29. The van der Waals surface area contributed by atoms with Crippen LogP contribution in [0.2, 0.25) is 0 Å².